The summed E-state index contributed by atoms with van der Waals surface area (Å²) in [4.78, 5) is 25.2. The number of imidazole rings is 1. The highest BCUT2D eigenvalue weighted by atomic mass is 16.4. The molecule has 1 aromatic carbocycles. The van der Waals surface area contributed by atoms with Crippen LogP contribution in [-0.4, -0.2) is 37.7 Å². The molecular weight excluding hydrogens is 312 g/mol. The Labute approximate surface area is 139 Å². The van der Waals surface area contributed by atoms with Crippen molar-refractivity contribution in [1.29, 1.82) is 0 Å². The van der Waals surface area contributed by atoms with Crippen LogP contribution in [0, 0.1) is 6.92 Å². The Hall–Kier alpha value is -2.71. The summed E-state index contributed by atoms with van der Waals surface area (Å²) in [6, 6.07) is 6.47. The van der Waals surface area contributed by atoms with Gasteiger partial charge < -0.3 is 20.9 Å². The van der Waals surface area contributed by atoms with Crippen molar-refractivity contribution in [3.05, 3.63) is 53.6 Å². The van der Waals surface area contributed by atoms with Crippen molar-refractivity contribution in [2.24, 2.45) is 0 Å². The Kier molecular flexibility index (Phi) is 7.09. The Morgan fingerprint density at radius 1 is 1.29 bits per heavy atom. The molecule has 8 nitrogen and oxygen atoms in total. The van der Waals surface area contributed by atoms with Crippen molar-refractivity contribution in [3.8, 4) is 0 Å². The van der Waals surface area contributed by atoms with Gasteiger partial charge >= 0.3 is 11.9 Å². The Morgan fingerprint density at radius 3 is 2.58 bits per heavy atom. The normalized spacial score (nSPS) is 15.8. The van der Waals surface area contributed by atoms with Crippen molar-refractivity contribution in [2.75, 3.05) is 0 Å². The van der Waals surface area contributed by atoms with E-state index in [1.807, 2.05) is 16.8 Å². The first-order chi connectivity index (χ1) is 11.0. The van der Waals surface area contributed by atoms with Crippen LogP contribution in [0.3, 0.4) is 0 Å². The third-order valence-electron chi connectivity index (χ3n) is 3.64. The molecule has 1 aliphatic heterocycles. The van der Waals surface area contributed by atoms with Crippen LogP contribution in [0.15, 0.2) is 36.7 Å². The van der Waals surface area contributed by atoms with E-state index in [-0.39, 0.29) is 6.15 Å². The first kappa shape index (κ1) is 19.3. The van der Waals surface area contributed by atoms with E-state index in [2.05, 4.69) is 10.3 Å². The number of aromatic nitrogens is 2. The maximum absolute atomic E-state index is 10.7. The number of nitrogens with zero attached hydrogens (tertiary/aromatic N) is 2. The van der Waals surface area contributed by atoms with Crippen LogP contribution in [0.1, 0.15) is 28.2 Å². The van der Waals surface area contributed by atoms with Gasteiger partial charge in [-0.1, -0.05) is 18.2 Å². The smallest absolute Gasteiger partial charge is 0.335 e. The minimum absolute atomic E-state index is 0. The van der Waals surface area contributed by atoms with E-state index in [4.69, 9.17) is 10.2 Å². The monoisotopic (exact) mass is 334 g/mol. The average Bonchev–Trinajstić information content (AvgIpc) is 2.86. The van der Waals surface area contributed by atoms with Gasteiger partial charge in [0.2, 0.25) is 0 Å². The number of aromatic carboxylic acids is 1. The van der Waals surface area contributed by atoms with Crippen molar-refractivity contribution in [3.63, 3.8) is 0 Å². The van der Waals surface area contributed by atoms with Crippen molar-refractivity contribution >= 4 is 11.9 Å². The lowest BCUT2D eigenvalue weighted by Crippen LogP contribution is -2.35. The maximum atomic E-state index is 10.7. The predicted molar refractivity (Wildman–Crippen MR) is 88.3 cm³/mol. The molecule has 0 fully saturated rings. The summed E-state index contributed by atoms with van der Waals surface area (Å²) in [6.07, 6.45) is 4.22. The van der Waals surface area contributed by atoms with Gasteiger partial charge in [0, 0.05) is 18.9 Å². The van der Waals surface area contributed by atoms with E-state index in [1.54, 1.807) is 31.3 Å². The quantitative estimate of drug-likeness (QED) is 0.655. The largest absolute Gasteiger partial charge is 0.480 e. The molecule has 2 aromatic rings. The molecule has 0 bridgehead atoms. The summed E-state index contributed by atoms with van der Waals surface area (Å²) in [5, 5.41) is 20.3. The molecule has 0 aliphatic carbocycles. The van der Waals surface area contributed by atoms with E-state index in [0.29, 0.717) is 18.5 Å². The van der Waals surface area contributed by atoms with Crippen LogP contribution in [0.4, 0.5) is 0 Å². The zero-order valence-corrected chi connectivity index (χ0v) is 13.5. The highest BCUT2D eigenvalue weighted by molar-refractivity contribution is 5.89. The minimum Gasteiger partial charge on any atom is -0.480 e. The third-order valence-corrected chi connectivity index (χ3v) is 3.64. The fourth-order valence-corrected chi connectivity index (χ4v) is 2.32. The number of rotatable bonds is 2. The van der Waals surface area contributed by atoms with E-state index in [9.17, 15) is 9.59 Å². The lowest BCUT2D eigenvalue weighted by molar-refractivity contribution is -0.139. The molecule has 8 heteroatoms. The average molecular weight is 334 g/mol. The molecule has 1 aromatic heterocycles. The highest BCUT2D eigenvalue weighted by Gasteiger charge is 2.20. The van der Waals surface area contributed by atoms with Crippen molar-refractivity contribution in [2.45, 2.75) is 32.5 Å². The van der Waals surface area contributed by atoms with Gasteiger partial charge in [-0.3, -0.25) is 10.1 Å². The molecule has 1 atom stereocenters. The number of carboxylic acids is 2. The van der Waals surface area contributed by atoms with Crippen LogP contribution in [0.25, 0.3) is 0 Å². The molecule has 3 rings (SSSR count). The van der Waals surface area contributed by atoms with Crippen LogP contribution in [-0.2, 0) is 17.9 Å². The van der Waals surface area contributed by atoms with Gasteiger partial charge in [-0.05, 0) is 25.0 Å². The van der Waals surface area contributed by atoms with Gasteiger partial charge in [-0.15, -0.1) is 0 Å². The van der Waals surface area contributed by atoms with E-state index < -0.39 is 18.0 Å². The van der Waals surface area contributed by atoms with E-state index >= 15 is 0 Å². The topological polar surface area (TPSA) is 139 Å². The van der Waals surface area contributed by atoms with Crippen LogP contribution in [0.2, 0.25) is 0 Å². The van der Waals surface area contributed by atoms with Crippen LogP contribution >= 0.6 is 0 Å². The molecule has 0 spiro atoms. The van der Waals surface area contributed by atoms with Gasteiger partial charge in [-0.25, -0.2) is 9.78 Å². The molecule has 24 heavy (non-hydrogen) atoms. The van der Waals surface area contributed by atoms with Gasteiger partial charge in [-0.2, -0.15) is 0 Å². The van der Waals surface area contributed by atoms with Crippen molar-refractivity contribution < 1.29 is 19.8 Å². The highest BCUT2D eigenvalue weighted by Crippen LogP contribution is 2.07. The molecule has 0 saturated carbocycles. The number of fused-ring (bicyclic) bond motifs is 1. The summed E-state index contributed by atoms with van der Waals surface area (Å²) in [5.41, 5.74) is 1.18. The zero-order valence-electron chi connectivity index (χ0n) is 13.5. The van der Waals surface area contributed by atoms with Crippen LogP contribution in [0.5, 0.6) is 0 Å². The Morgan fingerprint density at radius 2 is 2.00 bits per heavy atom. The summed E-state index contributed by atoms with van der Waals surface area (Å²) < 4.78 is 1.98. The number of benzene rings is 1. The second-order valence-electron chi connectivity index (χ2n) is 5.22. The van der Waals surface area contributed by atoms with Gasteiger partial charge in [0.1, 0.15) is 11.9 Å². The number of carboxylic acid groups (broad SMARTS) is 2. The van der Waals surface area contributed by atoms with Gasteiger partial charge in [0.25, 0.3) is 0 Å². The fraction of sp³-hybridized carbons (Fsp3) is 0.312. The number of hydrogen-bond donors (Lipinski definition) is 4. The third kappa shape index (κ3) is 4.90. The molecule has 2 heterocycles. The molecule has 1 unspecified atom stereocenters. The molecule has 0 radical (unpaired) electrons. The van der Waals surface area contributed by atoms with E-state index in [0.717, 1.165) is 17.9 Å². The fourth-order valence-electron chi connectivity index (χ4n) is 2.32. The zero-order chi connectivity index (χ0) is 16.8. The van der Waals surface area contributed by atoms with Crippen LogP contribution < -0.4 is 11.5 Å². The molecule has 130 valence electrons. The number of aliphatic carboxylic acids is 1. The first-order valence-electron chi connectivity index (χ1n) is 7.24. The number of hydrogen-bond acceptors (Lipinski definition) is 5. The summed E-state index contributed by atoms with van der Waals surface area (Å²) >= 11 is 0. The minimum atomic E-state index is -0.863. The lowest BCUT2D eigenvalue weighted by Gasteiger charge is -2.08. The standard InChI is InChI=1S/C8H11N3O2.C8H8O2.H3N/c12-8(13)6-1-3-11-4-2-9-7(11)5-10-6;1-6-4-2-3-5-7(6)8(9)10;/h2,4,6,10H,1,3,5H2,(H,12,13);2-5H,1H3,(H,9,10);1H3. The molecule has 0 saturated heterocycles. The SMILES string of the molecule is Cc1ccccc1C(=O)O.N.O=C(O)C1CCn2ccnc2CN1. The molecular formula is C16H22N4O4. The predicted octanol–water partition coefficient (Wildman–Crippen LogP) is 1.68. The first-order valence-corrected chi connectivity index (χ1v) is 7.24. The van der Waals surface area contributed by atoms with E-state index in [1.165, 1.54) is 0 Å². The van der Waals surface area contributed by atoms with Crippen molar-refractivity contribution in [1.82, 2.24) is 21.0 Å². The van der Waals surface area contributed by atoms with Gasteiger partial charge in [0.05, 0.1) is 12.1 Å². The molecule has 6 N–H and O–H groups in total. The molecule has 1 aliphatic rings. The summed E-state index contributed by atoms with van der Waals surface area (Å²) in [6.45, 7) is 3.03. The Balaban J connectivity index is 0.000000238. The second-order valence-corrected chi connectivity index (χ2v) is 5.22. The van der Waals surface area contributed by atoms with Gasteiger partial charge in [0.15, 0.2) is 0 Å². The molecule has 0 amide bonds. The Bertz CT molecular complexity index is 676. The second kappa shape index (κ2) is 8.80. The summed E-state index contributed by atoms with van der Waals surface area (Å²) in [7, 11) is 0. The summed E-state index contributed by atoms with van der Waals surface area (Å²) in [5.74, 6) is -0.743. The number of carbonyl (C=O) groups is 2. The number of nitrogens with one attached hydrogen (secondary N) is 1. The maximum Gasteiger partial charge on any atom is 0.335 e. The lowest BCUT2D eigenvalue weighted by atomic mass is 10.1. The number of aryl methyl sites for hydroxylation is 2.